The number of esters is 1. The number of rotatable bonds is 6. The molecule has 0 saturated heterocycles. The van der Waals surface area contributed by atoms with Crippen LogP contribution >= 0.6 is 11.3 Å². The first-order valence-electron chi connectivity index (χ1n) is 11.3. The number of carbonyl (C=O) groups excluding carboxylic acids is 4. The van der Waals surface area contributed by atoms with Gasteiger partial charge in [0, 0.05) is 4.88 Å². The lowest BCUT2D eigenvalue weighted by molar-refractivity contribution is -0.121. The Morgan fingerprint density at radius 2 is 1.82 bits per heavy atom. The van der Waals surface area contributed by atoms with Crippen LogP contribution in [0.25, 0.3) is 0 Å². The highest BCUT2D eigenvalue weighted by Crippen LogP contribution is 2.40. The fraction of sp³-hybridized carbons (Fsp3) is 0.440. The SMILES string of the molecule is CCOC(=O)c1c(NC(=O)[C@H](C(C)C)N2C(=O)c3ccccc3C2=O)sc2c1CC[C@@H](C)C2. The number of hydrogen-bond acceptors (Lipinski definition) is 6. The summed E-state index contributed by atoms with van der Waals surface area (Å²) in [4.78, 5) is 54.4. The zero-order chi connectivity index (χ0) is 23.9. The zero-order valence-electron chi connectivity index (χ0n) is 19.3. The second-order valence-corrected chi connectivity index (χ2v) is 10.1. The van der Waals surface area contributed by atoms with Crippen molar-refractivity contribution in [2.24, 2.45) is 11.8 Å². The largest absolute Gasteiger partial charge is 0.462 e. The van der Waals surface area contributed by atoms with Gasteiger partial charge in [0.05, 0.1) is 23.3 Å². The zero-order valence-corrected chi connectivity index (χ0v) is 20.1. The van der Waals surface area contributed by atoms with E-state index in [1.165, 1.54) is 11.3 Å². The summed E-state index contributed by atoms with van der Waals surface area (Å²) in [7, 11) is 0. The van der Waals surface area contributed by atoms with Gasteiger partial charge in [-0.1, -0.05) is 32.9 Å². The predicted octanol–water partition coefficient (Wildman–Crippen LogP) is 4.31. The van der Waals surface area contributed by atoms with Gasteiger partial charge in [0.2, 0.25) is 5.91 Å². The molecule has 1 aromatic heterocycles. The van der Waals surface area contributed by atoms with Crippen molar-refractivity contribution in [3.63, 3.8) is 0 Å². The first kappa shape index (κ1) is 23.2. The molecule has 0 radical (unpaired) electrons. The third kappa shape index (κ3) is 4.08. The summed E-state index contributed by atoms with van der Waals surface area (Å²) in [5.41, 5.74) is 1.94. The minimum atomic E-state index is -1.01. The highest BCUT2D eigenvalue weighted by molar-refractivity contribution is 7.17. The number of benzene rings is 1. The molecule has 2 aromatic rings. The van der Waals surface area contributed by atoms with Crippen molar-refractivity contribution in [3.05, 3.63) is 51.4 Å². The number of carbonyl (C=O) groups is 4. The first-order valence-corrected chi connectivity index (χ1v) is 12.2. The van der Waals surface area contributed by atoms with Crippen LogP contribution in [0.2, 0.25) is 0 Å². The molecular weight excluding hydrogens is 440 g/mol. The molecule has 4 rings (SSSR count). The van der Waals surface area contributed by atoms with Crippen molar-refractivity contribution >= 4 is 40.0 Å². The Morgan fingerprint density at radius 3 is 2.39 bits per heavy atom. The van der Waals surface area contributed by atoms with E-state index in [0.29, 0.717) is 27.6 Å². The fourth-order valence-corrected chi connectivity index (χ4v) is 6.02. The number of fused-ring (bicyclic) bond motifs is 2. The van der Waals surface area contributed by atoms with E-state index in [0.717, 1.165) is 34.6 Å². The molecule has 8 heteroatoms. The van der Waals surface area contributed by atoms with Gasteiger partial charge in [0.25, 0.3) is 11.8 Å². The van der Waals surface area contributed by atoms with E-state index in [1.54, 1.807) is 45.0 Å². The maximum atomic E-state index is 13.5. The van der Waals surface area contributed by atoms with E-state index in [1.807, 2.05) is 0 Å². The van der Waals surface area contributed by atoms with Crippen LogP contribution in [0, 0.1) is 11.8 Å². The third-order valence-electron chi connectivity index (χ3n) is 6.23. The van der Waals surface area contributed by atoms with Crippen LogP contribution in [-0.2, 0) is 22.4 Å². The van der Waals surface area contributed by atoms with Gasteiger partial charge < -0.3 is 10.1 Å². The Balaban J connectivity index is 1.67. The molecule has 3 amide bonds. The van der Waals surface area contributed by atoms with Crippen LogP contribution < -0.4 is 5.32 Å². The van der Waals surface area contributed by atoms with Crippen LogP contribution in [0.15, 0.2) is 24.3 Å². The predicted molar refractivity (Wildman–Crippen MR) is 126 cm³/mol. The monoisotopic (exact) mass is 468 g/mol. The van der Waals surface area contributed by atoms with Gasteiger partial charge in [-0.2, -0.15) is 0 Å². The lowest BCUT2D eigenvalue weighted by Crippen LogP contribution is -2.50. The van der Waals surface area contributed by atoms with E-state index in [9.17, 15) is 19.2 Å². The molecule has 2 atom stereocenters. The van der Waals surface area contributed by atoms with Gasteiger partial charge in [-0.15, -0.1) is 11.3 Å². The number of nitrogens with one attached hydrogen (secondary N) is 1. The summed E-state index contributed by atoms with van der Waals surface area (Å²) >= 11 is 1.39. The van der Waals surface area contributed by atoms with Gasteiger partial charge in [-0.05, 0) is 55.7 Å². The van der Waals surface area contributed by atoms with Crippen LogP contribution in [0.5, 0.6) is 0 Å². The molecule has 33 heavy (non-hydrogen) atoms. The molecule has 0 saturated carbocycles. The van der Waals surface area contributed by atoms with Gasteiger partial charge in [-0.3, -0.25) is 19.3 Å². The lowest BCUT2D eigenvalue weighted by atomic mass is 9.88. The molecule has 2 heterocycles. The fourth-order valence-electron chi connectivity index (χ4n) is 4.62. The molecule has 174 valence electrons. The number of anilines is 1. The summed E-state index contributed by atoms with van der Waals surface area (Å²) in [5.74, 6) is -1.73. The highest BCUT2D eigenvalue weighted by Gasteiger charge is 2.44. The van der Waals surface area contributed by atoms with Crippen molar-refractivity contribution in [1.29, 1.82) is 0 Å². The van der Waals surface area contributed by atoms with E-state index < -0.39 is 29.7 Å². The topological polar surface area (TPSA) is 92.8 Å². The minimum absolute atomic E-state index is 0.233. The maximum Gasteiger partial charge on any atom is 0.341 e. The molecule has 1 aromatic carbocycles. The van der Waals surface area contributed by atoms with Crippen molar-refractivity contribution in [2.45, 2.75) is 53.0 Å². The normalized spacial score (nSPS) is 18.2. The third-order valence-corrected chi connectivity index (χ3v) is 7.40. The minimum Gasteiger partial charge on any atom is -0.462 e. The first-order chi connectivity index (χ1) is 15.7. The summed E-state index contributed by atoms with van der Waals surface area (Å²) in [5, 5.41) is 3.31. The number of hydrogen-bond donors (Lipinski definition) is 1. The summed E-state index contributed by atoms with van der Waals surface area (Å²) in [6.07, 6.45) is 2.56. The van der Waals surface area contributed by atoms with Crippen molar-refractivity contribution in [2.75, 3.05) is 11.9 Å². The molecule has 0 unspecified atom stereocenters. The van der Waals surface area contributed by atoms with Crippen molar-refractivity contribution < 1.29 is 23.9 Å². The molecule has 0 fully saturated rings. The second kappa shape index (κ2) is 9.09. The number of nitrogens with zero attached hydrogens (tertiary/aromatic N) is 1. The number of thiophene rings is 1. The lowest BCUT2D eigenvalue weighted by Gasteiger charge is -2.28. The quantitative estimate of drug-likeness (QED) is 0.504. The van der Waals surface area contributed by atoms with E-state index in [2.05, 4.69) is 12.2 Å². The Labute approximate surface area is 197 Å². The van der Waals surface area contributed by atoms with Crippen LogP contribution in [-0.4, -0.2) is 41.2 Å². The number of ether oxygens (including phenoxy) is 1. The molecule has 1 aliphatic heterocycles. The van der Waals surface area contributed by atoms with Gasteiger partial charge in [0.1, 0.15) is 11.0 Å². The standard InChI is InChI=1S/C25H28N2O5S/c1-5-32-25(31)19-17-11-10-14(4)12-18(17)33-22(19)26-21(28)20(13(2)3)27-23(29)15-8-6-7-9-16(15)24(27)30/h6-9,13-14,20H,5,10-12H2,1-4H3,(H,26,28)/t14-,20+/m1/s1. The average Bonchev–Trinajstić information content (AvgIpc) is 3.23. The number of amides is 3. The van der Waals surface area contributed by atoms with E-state index >= 15 is 0 Å². The Hall–Kier alpha value is -3.00. The van der Waals surface area contributed by atoms with Crippen LogP contribution in [0.4, 0.5) is 5.00 Å². The van der Waals surface area contributed by atoms with Crippen molar-refractivity contribution in [3.8, 4) is 0 Å². The Morgan fingerprint density at radius 1 is 1.18 bits per heavy atom. The Kier molecular flexibility index (Phi) is 6.38. The molecular formula is C25H28N2O5S. The van der Waals surface area contributed by atoms with Crippen molar-refractivity contribution in [1.82, 2.24) is 4.90 Å². The summed E-state index contributed by atoms with van der Waals surface area (Å²) in [6.45, 7) is 7.73. The molecule has 1 aliphatic carbocycles. The van der Waals surface area contributed by atoms with Gasteiger partial charge >= 0.3 is 5.97 Å². The second-order valence-electron chi connectivity index (χ2n) is 8.98. The number of imide groups is 1. The molecule has 0 spiro atoms. The van der Waals surface area contributed by atoms with Gasteiger partial charge in [-0.25, -0.2) is 4.79 Å². The molecule has 0 bridgehead atoms. The summed E-state index contributed by atoms with van der Waals surface area (Å²) < 4.78 is 5.28. The maximum absolute atomic E-state index is 13.5. The van der Waals surface area contributed by atoms with Crippen LogP contribution in [0.1, 0.15) is 75.6 Å². The Bertz CT molecular complexity index is 1100. The highest BCUT2D eigenvalue weighted by atomic mass is 32.1. The average molecular weight is 469 g/mol. The molecule has 7 nitrogen and oxygen atoms in total. The van der Waals surface area contributed by atoms with Gasteiger partial charge in [0.15, 0.2) is 0 Å². The van der Waals surface area contributed by atoms with E-state index in [-0.39, 0.29) is 12.5 Å². The van der Waals surface area contributed by atoms with Crippen LogP contribution in [0.3, 0.4) is 0 Å². The smallest absolute Gasteiger partial charge is 0.341 e. The summed E-state index contributed by atoms with van der Waals surface area (Å²) in [6, 6.07) is 5.57. The van der Waals surface area contributed by atoms with E-state index in [4.69, 9.17) is 4.74 Å². The molecule has 2 aliphatic rings. The molecule has 1 N–H and O–H groups in total.